The molecule has 1 saturated heterocycles. The minimum absolute atomic E-state index is 0.248. The van der Waals surface area contributed by atoms with Gasteiger partial charge in [-0.3, -0.25) is 23.9 Å². The van der Waals surface area contributed by atoms with Gasteiger partial charge in [-0.1, -0.05) is 124 Å². The Hall–Kier alpha value is -3.73. The fourth-order valence-corrected chi connectivity index (χ4v) is 8.84. The average Bonchev–Trinajstić information content (AvgIpc) is 3.54. The Labute approximate surface area is 296 Å². The summed E-state index contributed by atoms with van der Waals surface area (Å²) in [6.07, 6.45) is 15.9. The largest absolute Gasteiger partial charge is 0.446 e. The van der Waals surface area contributed by atoms with E-state index in [-0.39, 0.29) is 18.2 Å². The summed E-state index contributed by atoms with van der Waals surface area (Å²) in [4.78, 5) is 42.0. The number of hydrogen-bond donors (Lipinski definition) is 0. The molecule has 2 aliphatic rings. The van der Waals surface area contributed by atoms with Crippen molar-refractivity contribution in [2.45, 2.75) is 78.9 Å². The van der Waals surface area contributed by atoms with Crippen LogP contribution in [0.5, 0.6) is 0 Å². The van der Waals surface area contributed by atoms with E-state index in [1.54, 1.807) is 6.08 Å². The van der Waals surface area contributed by atoms with E-state index in [2.05, 4.69) is 73.4 Å². The zero-order valence-corrected chi connectivity index (χ0v) is 30.4. The third-order valence-corrected chi connectivity index (χ3v) is 11.5. The van der Waals surface area contributed by atoms with Crippen LogP contribution in [0.3, 0.4) is 0 Å². The molecule has 7 nitrogen and oxygen atoms in total. The zero-order valence-electron chi connectivity index (χ0n) is 27.9. The number of hydrogen-bond acceptors (Lipinski definition) is 8. The topological polar surface area (TPSA) is 71.8 Å². The van der Waals surface area contributed by atoms with Gasteiger partial charge in [-0.2, -0.15) is 0 Å². The lowest BCUT2D eigenvalue weighted by molar-refractivity contribution is -0.132. The molecule has 48 heavy (non-hydrogen) atoms. The number of rotatable bonds is 15. The SMILES string of the molecule is CCCCCCCCCCN1c2ccccc2C(C)=C(/C=C/C=c2/s/c(=C3/SC(=S)N(CC)C3=O)n(COC=O)c2=O)c2ccccc21. The maximum absolute atomic E-state index is 13.5. The number of carbonyl (C=O) groups is 2. The number of allylic oxidation sites excluding steroid dienone is 4. The minimum atomic E-state index is -0.336. The second kappa shape index (κ2) is 17.1. The minimum Gasteiger partial charge on any atom is -0.446 e. The van der Waals surface area contributed by atoms with Gasteiger partial charge in [0.15, 0.2) is 6.73 Å². The molecule has 0 aliphatic carbocycles. The number of thiazole rings is 1. The first-order valence-electron chi connectivity index (χ1n) is 16.8. The van der Waals surface area contributed by atoms with Crippen molar-refractivity contribution in [3.63, 3.8) is 0 Å². The van der Waals surface area contributed by atoms with Crippen molar-refractivity contribution >= 4 is 85.5 Å². The normalized spacial score (nSPS) is 16.2. The molecule has 0 saturated carbocycles. The van der Waals surface area contributed by atoms with Crippen LogP contribution in [0, 0.1) is 0 Å². The zero-order chi connectivity index (χ0) is 34.0. The van der Waals surface area contributed by atoms with Crippen LogP contribution in [-0.2, 0) is 21.1 Å². The number of thiocarbonyl (C=S) groups is 1. The van der Waals surface area contributed by atoms with Crippen LogP contribution in [0.2, 0.25) is 0 Å². The first-order valence-corrected chi connectivity index (χ1v) is 18.8. The second-order valence-electron chi connectivity index (χ2n) is 11.9. The lowest BCUT2D eigenvalue weighted by atomic mass is 9.95. The molecule has 10 heteroatoms. The quantitative estimate of drug-likeness (QED) is 0.0919. The molecular formula is C38H43N3O4S3. The third kappa shape index (κ3) is 7.77. The summed E-state index contributed by atoms with van der Waals surface area (Å²) in [5.41, 5.74) is 6.59. The van der Waals surface area contributed by atoms with Gasteiger partial charge in [-0.25, -0.2) is 0 Å². The maximum Gasteiger partial charge on any atom is 0.294 e. The van der Waals surface area contributed by atoms with Crippen LogP contribution >= 0.6 is 35.3 Å². The predicted molar refractivity (Wildman–Crippen MR) is 205 cm³/mol. The summed E-state index contributed by atoms with van der Waals surface area (Å²) >= 11 is 7.76. The molecule has 3 aromatic rings. The molecule has 0 bridgehead atoms. The standard InChI is InChI=1S/C38H43N3O4S3/c1-4-6-7-8-9-10-11-16-24-40-31-21-14-12-18-29(31)27(3)28(30-19-13-15-22-32(30)40)20-17-23-33-35(43)41(25-45-26-42)37(47-33)34-36(44)39(5-2)38(46)48-34/h12-15,17-23,26H,4-11,16,24-25H2,1-3H3/b20-17+,33-23+,37-34+. The number of thioether (sulfide) groups is 1. The molecule has 1 aromatic heterocycles. The summed E-state index contributed by atoms with van der Waals surface area (Å²) in [7, 11) is 0. The summed E-state index contributed by atoms with van der Waals surface area (Å²) in [5, 5.41) is 0. The van der Waals surface area contributed by atoms with Crippen molar-refractivity contribution in [3.8, 4) is 0 Å². The van der Waals surface area contributed by atoms with Crippen LogP contribution in [-0.4, -0.2) is 39.3 Å². The molecule has 252 valence electrons. The number of anilines is 2. The van der Waals surface area contributed by atoms with Crippen LogP contribution < -0.4 is 19.7 Å². The van der Waals surface area contributed by atoms with Gasteiger partial charge in [0.1, 0.15) is 13.9 Å². The lowest BCUT2D eigenvalue weighted by Crippen LogP contribution is -2.34. The Balaban J connectivity index is 1.49. The van der Waals surface area contributed by atoms with Gasteiger partial charge in [-0.05, 0) is 49.6 Å². The van der Waals surface area contributed by atoms with Gasteiger partial charge in [0, 0.05) is 35.6 Å². The van der Waals surface area contributed by atoms with Crippen LogP contribution in [0.25, 0.3) is 22.1 Å². The highest BCUT2D eigenvalue weighted by atomic mass is 32.2. The van der Waals surface area contributed by atoms with Crippen molar-refractivity contribution in [3.05, 3.63) is 91.4 Å². The molecular weight excluding hydrogens is 659 g/mol. The van der Waals surface area contributed by atoms with E-state index in [9.17, 15) is 14.4 Å². The van der Waals surface area contributed by atoms with E-state index in [1.165, 1.54) is 82.7 Å². The molecule has 0 atom stereocenters. The number of carbonyl (C=O) groups excluding carboxylic acids is 2. The smallest absolute Gasteiger partial charge is 0.294 e. The average molecular weight is 702 g/mol. The molecule has 0 N–H and O–H groups in total. The maximum atomic E-state index is 13.5. The number of aromatic nitrogens is 1. The van der Waals surface area contributed by atoms with Crippen LogP contribution in [0.1, 0.15) is 83.3 Å². The summed E-state index contributed by atoms with van der Waals surface area (Å²) < 4.78 is 7.58. The van der Waals surface area contributed by atoms with Gasteiger partial charge < -0.3 is 9.64 Å². The number of amides is 1. The van der Waals surface area contributed by atoms with Gasteiger partial charge >= 0.3 is 0 Å². The van der Waals surface area contributed by atoms with E-state index in [4.69, 9.17) is 17.0 Å². The van der Waals surface area contributed by atoms with E-state index < -0.39 is 0 Å². The Morgan fingerprint density at radius 2 is 1.50 bits per heavy atom. The monoisotopic (exact) mass is 701 g/mol. The predicted octanol–water partition coefficient (Wildman–Crippen LogP) is 7.59. The summed E-state index contributed by atoms with van der Waals surface area (Å²) in [6, 6.07) is 17.1. The van der Waals surface area contributed by atoms with E-state index >= 15 is 0 Å². The molecule has 0 radical (unpaired) electrons. The number of para-hydroxylation sites is 2. The second-order valence-corrected chi connectivity index (χ2v) is 14.5. The molecule has 5 rings (SSSR count). The Kier molecular flexibility index (Phi) is 12.7. The number of nitrogens with zero attached hydrogens (tertiary/aromatic N) is 3. The Morgan fingerprint density at radius 3 is 2.17 bits per heavy atom. The van der Waals surface area contributed by atoms with E-state index in [0.717, 1.165) is 41.4 Å². The number of unbranched alkanes of at least 4 members (excludes halogenated alkanes) is 7. The van der Waals surface area contributed by atoms with Crippen molar-refractivity contribution in [1.82, 2.24) is 9.47 Å². The highest BCUT2D eigenvalue weighted by Gasteiger charge is 2.33. The van der Waals surface area contributed by atoms with E-state index in [1.807, 2.05) is 13.0 Å². The van der Waals surface area contributed by atoms with Gasteiger partial charge in [0.2, 0.25) is 0 Å². The molecule has 2 aromatic carbocycles. The molecule has 1 amide bonds. The third-order valence-electron chi connectivity index (χ3n) is 8.77. The highest BCUT2D eigenvalue weighted by Crippen LogP contribution is 2.44. The first-order chi connectivity index (χ1) is 23.4. The summed E-state index contributed by atoms with van der Waals surface area (Å²) in [6.45, 7) is 7.65. The fraction of sp³-hybridized carbons (Fsp3) is 0.368. The first kappa shape index (κ1) is 35.6. The molecule has 3 heterocycles. The molecule has 0 spiro atoms. The molecule has 2 aliphatic heterocycles. The van der Waals surface area contributed by atoms with Crippen LogP contribution in [0.4, 0.5) is 11.4 Å². The van der Waals surface area contributed by atoms with Crippen LogP contribution in [0.15, 0.2) is 65.5 Å². The number of ether oxygens (including phenoxy) is 1. The van der Waals surface area contributed by atoms with Crippen molar-refractivity contribution in [1.29, 1.82) is 0 Å². The van der Waals surface area contributed by atoms with Crippen molar-refractivity contribution in [2.24, 2.45) is 0 Å². The summed E-state index contributed by atoms with van der Waals surface area (Å²) in [5.74, 6) is -0.248. The van der Waals surface area contributed by atoms with Gasteiger partial charge in [0.25, 0.3) is 17.9 Å². The molecule has 0 unspecified atom stereocenters. The lowest BCUT2D eigenvalue weighted by Gasteiger charge is -2.27. The van der Waals surface area contributed by atoms with Crippen molar-refractivity contribution < 1.29 is 14.3 Å². The number of fused-ring (bicyclic) bond motifs is 2. The highest BCUT2D eigenvalue weighted by molar-refractivity contribution is 8.30. The van der Waals surface area contributed by atoms with Crippen molar-refractivity contribution in [2.75, 3.05) is 18.0 Å². The Bertz CT molecular complexity index is 1910. The number of benzene rings is 2. The van der Waals surface area contributed by atoms with Gasteiger partial charge in [-0.15, -0.1) is 11.3 Å². The Morgan fingerprint density at radius 1 is 0.854 bits per heavy atom. The fourth-order valence-electron chi connectivity index (χ4n) is 6.25. The van der Waals surface area contributed by atoms with Gasteiger partial charge in [0.05, 0.1) is 4.53 Å². The van der Waals surface area contributed by atoms with E-state index in [0.29, 0.717) is 31.4 Å². The molecule has 1 fully saturated rings.